The molecule has 1 fully saturated rings. The van der Waals surface area contributed by atoms with Crippen molar-refractivity contribution in [2.45, 2.75) is 39.0 Å². The van der Waals surface area contributed by atoms with Crippen molar-refractivity contribution in [1.29, 1.82) is 0 Å². The first-order valence-corrected chi connectivity index (χ1v) is 9.40. The number of carbonyl (C=O) groups is 1. The Balaban J connectivity index is 0.00000196. The van der Waals surface area contributed by atoms with E-state index in [0.717, 1.165) is 56.4 Å². The van der Waals surface area contributed by atoms with Crippen molar-refractivity contribution in [2.75, 3.05) is 19.6 Å². The molecule has 1 saturated heterocycles. The lowest BCUT2D eigenvalue weighted by molar-refractivity contribution is 0.0780. The Kier molecular flexibility index (Phi) is 5.68. The van der Waals surface area contributed by atoms with Gasteiger partial charge in [-0.3, -0.25) is 4.79 Å². The lowest BCUT2D eigenvalue weighted by Crippen LogP contribution is -2.30. The third-order valence-electron chi connectivity index (χ3n) is 5.63. The molecule has 0 spiro atoms. The molecule has 1 amide bonds. The zero-order valence-electron chi connectivity index (χ0n) is 15.3. The Morgan fingerprint density at radius 1 is 1.27 bits per heavy atom. The number of nitrogens with zero attached hydrogens (tertiary/aromatic N) is 3. The molecule has 2 N–H and O–H groups in total. The maximum absolute atomic E-state index is 13.0. The van der Waals surface area contributed by atoms with E-state index in [0.29, 0.717) is 18.2 Å². The number of hydrogen-bond acceptors (Lipinski definition) is 3. The number of carbonyl (C=O) groups excluding carboxylic acids is 1. The van der Waals surface area contributed by atoms with Gasteiger partial charge in [0.1, 0.15) is 0 Å². The van der Waals surface area contributed by atoms with Gasteiger partial charge in [0.25, 0.3) is 5.91 Å². The summed E-state index contributed by atoms with van der Waals surface area (Å²) in [6.45, 7) is 4.37. The van der Waals surface area contributed by atoms with Gasteiger partial charge in [0.05, 0.1) is 5.69 Å². The van der Waals surface area contributed by atoms with Crippen LogP contribution in [-0.2, 0) is 19.3 Å². The second-order valence-corrected chi connectivity index (χ2v) is 7.20. The van der Waals surface area contributed by atoms with E-state index in [2.05, 4.69) is 31.2 Å². The fourth-order valence-corrected chi connectivity index (χ4v) is 4.05. The highest BCUT2D eigenvalue weighted by Crippen LogP contribution is 2.29. The van der Waals surface area contributed by atoms with Crippen LogP contribution in [0.3, 0.4) is 0 Å². The highest BCUT2D eigenvalue weighted by atomic mass is 35.5. The quantitative estimate of drug-likeness (QED) is 0.894. The van der Waals surface area contributed by atoms with E-state index in [1.807, 2.05) is 9.58 Å². The number of benzene rings is 1. The van der Waals surface area contributed by atoms with Gasteiger partial charge in [-0.05, 0) is 62.3 Å². The Labute approximate surface area is 161 Å². The summed E-state index contributed by atoms with van der Waals surface area (Å²) in [5, 5.41) is 4.75. The lowest BCUT2D eigenvalue weighted by atomic mass is 10.1. The first-order chi connectivity index (χ1) is 12.2. The van der Waals surface area contributed by atoms with Crippen LogP contribution in [0.5, 0.6) is 0 Å². The molecule has 1 aromatic heterocycles. The first-order valence-electron chi connectivity index (χ1n) is 9.40. The molecule has 26 heavy (non-hydrogen) atoms. The predicted octanol–water partition coefficient (Wildman–Crippen LogP) is 2.77. The topological polar surface area (TPSA) is 64.2 Å². The molecule has 2 heterocycles. The number of aryl methyl sites for hydroxylation is 1. The van der Waals surface area contributed by atoms with E-state index in [4.69, 9.17) is 10.8 Å². The van der Waals surface area contributed by atoms with Gasteiger partial charge in [-0.25, -0.2) is 4.68 Å². The molecule has 1 aliphatic carbocycles. The molecule has 2 aliphatic rings. The van der Waals surface area contributed by atoms with Crippen LogP contribution >= 0.6 is 12.4 Å². The van der Waals surface area contributed by atoms with Crippen LogP contribution in [0.1, 0.15) is 47.1 Å². The van der Waals surface area contributed by atoms with Crippen molar-refractivity contribution in [3.05, 3.63) is 46.8 Å². The predicted molar refractivity (Wildman–Crippen MR) is 105 cm³/mol. The first kappa shape index (κ1) is 18.9. The third kappa shape index (κ3) is 3.26. The molecule has 0 saturated carbocycles. The molecule has 0 radical (unpaired) electrons. The smallest absolute Gasteiger partial charge is 0.274 e. The summed E-state index contributed by atoms with van der Waals surface area (Å²) >= 11 is 0. The highest BCUT2D eigenvalue weighted by Gasteiger charge is 2.32. The molecular formula is C20H27ClN4O. The zero-order valence-corrected chi connectivity index (χ0v) is 16.1. The van der Waals surface area contributed by atoms with Crippen molar-refractivity contribution < 1.29 is 4.79 Å². The van der Waals surface area contributed by atoms with Gasteiger partial charge >= 0.3 is 0 Å². The second kappa shape index (κ2) is 7.80. The standard InChI is InChI=1S/C20H26N4O.ClH/c1-2-14-6-8-16(9-7-14)24-18-5-3-4-17(18)19(22-24)20(25)23-11-10-15(12-21)13-23;/h6-9,15H,2-5,10-13,21H2,1H3;1H. The Bertz CT molecular complexity index is 784. The largest absolute Gasteiger partial charge is 0.337 e. The van der Waals surface area contributed by atoms with Gasteiger partial charge in [0.2, 0.25) is 0 Å². The number of halogens is 1. The summed E-state index contributed by atoms with van der Waals surface area (Å²) in [5.74, 6) is 0.513. The summed E-state index contributed by atoms with van der Waals surface area (Å²) in [6.07, 6.45) is 5.09. The summed E-state index contributed by atoms with van der Waals surface area (Å²) in [7, 11) is 0. The molecule has 0 bridgehead atoms. The maximum Gasteiger partial charge on any atom is 0.274 e. The monoisotopic (exact) mass is 374 g/mol. The van der Waals surface area contributed by atoms with Crippen LogP contribution in [-0.4, -0.2) is 40.2 Å². The van der Waals surface area contributed by atoms with Crippen molar-refractivity contribution >= 4 is 18.3 Å². The molecule has 1 aromatic carbocycles. The molecule has 2 aromatic rings. The lowest BCUT2D eigenvalue weighted by Gasteiger charge is -2.15. The number of fused-ring (bicyclic) bond motifs is 1. The molecule has 5 nitrogen and oxygen atoms in total. The Hall–Kier alpha value is -1.85. The van der Waals surface area contributed by atoms with Crippen molar-refractivity contribution in [1.82, 2.24) is 14.7 Å². The van der Waals surface area contributed by atoms with Gasteiger partial charge in [0, 0.05) is 24.3 Å². The zero-order chi connectivity index (χ0) is 17.4. The number of likely N-dealkylation sites (tertiary alicyclic amines) is 1. The number of rotatable bonds is 4. The average Bonchev–Trinajstić information content (AvgIpc) is 3.37. The van der Waals surface area contributed by atoms with E-state index in [9.17, 15) is 4.79 Å². The minimum absolute atomic E-state index is 0. The van der Waals surface area contributed by atoms with Crippen molar-refractivity contribution in [3.63, 3.8) is 0 Å². The van der Waals surface area contributed by atoms with Gasteiger partial charge in [-0.1, -0.05) is 19.1 Å². The number of aromatic nitrogens is 2. The molecule has 4 rings (SSSR count). The van der Waals surface area contributed by atoms with E-state index in [-0.39, 0.29) is 18.3 Å². The minimum atomic E-state index is 0. The van der Waals surface area contributed by atoms with Crippen LogP contribution in [0.2, 0.25) is 0 Å². The van der Waals surface area contributed by atoms with Crippen LogP contribution < -0.4 is 5.73 Å². The molecule has 1 aliphatic heterocycles. The third-order valence-corrected chi connectivity index (χ3v) is 5.63. The molecular weight excluding hydrogens is 348 g/mol. The fourth-order valence-electron chi connectivity index (χ4n) is 4.05. The molecule has 1 atom stereocenters. The average molecular weight is 375 g/mol. The van der Waals surface area contributed by atoms with Crippen LogP contribution in [0.4, 0.5) is 0 Å². The molecule has 140 valence electrons. The number of nitrogens with two attached hydrogens (primary N) is 1. The molecule has 6 heteroatoms. The normalized spacial score (nSPS) is 18.7. The molecule has 1 unspecified atom stereocenters. The van der Waals surface area contributed by atoms with E-state index >= 15 is 0 Å². The van der Waals surface area contributed by atoms with Gasteiger partial charge in [0.15, 0.2) is 5.69 Å². The van der Waals surface area contributed by atoms with E-state index in [1.165, 1.54) is 11.3 Å². The number of hydrogen-bond donors (Lipinski definition) is 1. The summed E-state index contributed by atoms with van der Waals surface area (Å²) < 4.78 is 1.99. The van der Waals surface area contributed by atoms with Gasteiger partial charge < -0.3 is 10.6 Å². The van der Waals surface area contributed by atoms with Crippen LogP contribution in [0, 0.1) is 5.92 Å². The number of amides is 1. The Morgan fingerprint density at radius 3 is 2.69 bits per heavy atom. The van der Waals surface area contributed by atoms with Crippen LogP contribution in [0.25, 0.3) is 5.69 Å². The summed E-state index contributed by atoms with van der Waals surface area (Å²) in [4.78, 5) is 15.0. The van der Waals surface area contributed by atoms with Gasteiger partial charge in [-0.2, -0.15) is 5.10 Å². The summed E-state index contributed by atoms with van der Waals surface area (Å²) in [6, 6.07) is 8.51. The Morgan fingerprint density at radius 2 is 2.04 bits per heavy atom. The van der Waals surface area contributed by atoms with Crippen molar-refractivity contribution in [2.24, 2.45) is 11.7 Å². The fraction of sp³-hybridized carbons (Fsp3) is 0.500. The van der Waals surface area contributed by atoms with Gasteiger partial charge in [-0.15, -0.1) is 12.4 Å². The van der Waals surface area contributed by atoms with E-state index in [1.54, 1.807) is 0 Å². The van der Waals surface area contributed by atoms with E-state index < -0.39 is 0 Å². The maximum atomic E-state index is 13.0. The minimum Gasteiger partial charge on any atom is -0.337 e. The van der Waals surface area contributed by atoms with Crippen LogP contribution in [0.15, 0.2) is 24.3 Å². The van der Waals surface area contributed by atoms with Crippen molar-refractivity contribution in [3.8, 4) is 5.69 Å². The SMILES string of the molecule is CCc1ccc(-n2nc(C(=O)N3CCC(CN)C3)c3c2CCC3)cc1.Cl. The summed E-state index contributed by atoms with van der Waals surface area (Å²) in [5.41, 5.74) is 11.2. The second-order valence-electron chi connectivity index (χ2n) is 7.20. The highest BCUT2D eigenvalue weighted by molar-refractivity contribution is 5.94.